The molecule has 1 atom stereocenters. The molecule has 0 aromatic heterocycles. The van der Waals surface area contributed by atoms with Gasteiger partial charge in [0, 0.05) is 30.8 Å². The number of benzene rings is 1. The van der Waals surface area contributed by atoms with Crippen LogP contribution in [0.1, 0.15) is 19.8 Å². The highest BCUT2D eigenvalue weighted by Crippen LogP contribution is 2.17. The molecule has 26 heavy (non-hydrogen) atoms. The number of nitrogens with zero attached hydrogens (tertiary/aromatic N) is 1. The average Bonchev–Trinajstić information content (AvgIpc) is 3.12. The maximum absolute atomic E-state index is 5.74. The van der Waals surface area contributed by atoms with Gasteiger partial charge in [0.1, 0.15) is 12.4 Å². The largest absolute Gasteiger partial charge is 0.492 e. The molecule has 1 unspecified atom stereocenters. The van der Waals surface area contributed by atoms with Crippen molar-refractivity contribution in [2.24, 2.45) is 4.99 Å². The van der Waals surface area contributed by atoms with E-state index in [4.69, 9.17) is 14.2 Å². The molecule has 1 aliphatic heterocycles. The molecule has 0 aliphatic carbocycles. The van der Waals surface area contributed by atoms with E-state index in [2.05, 4.69) is 38.5 Å². The Balaban J connectivity index is 0.00000338. The zero-order valence-electron chi connectivity index (χ0n) is 15.2. The summed E-state index contributed by atoms with van der Waals surface area (Å²) in [5.74, 6) is 1.66. The lowest BCUT2D eigenvalue weighted by Crippen LogP contribution is -2.39. The Bertz CT molecular complexity index is 528. The number of nitrogens with one attached hydrogen (secondary N) is 2. The highest BCUT2D eigenvalue weighted by molar-refractivity contribution is 14.0. The third-order valence-electron chi connectivity index (χ3n) is 3.62. The van der Waals surface area contributed by atoms with Crippen molar-refractivity contribution in [2.45, 2.75) is 25.9 Å². The van der Waals surface area contributed by atoms with Gasteiger partial charge in [0.2, 0.25) is 0 Å². The van der Waals surface area contributed by atoms with Crippen LogP contribution in [-0.2, 0) is 9.47 Å². The predicted octanol–water partition coefficient (Wildman–Crippen LogP) is 3.20. The van der Waals surface area contributed by atoms with Gasteiger partial charge in [-0.15, -0.1) is 24.0 Å². The molecular formula is C18H29BrIN3O3. The van der Waals surface area contributed by atoms with Crippen LogP contribution in [0.3, 0.4) is 0 Å². The third-order valence-corrected chi connectivity index (χ3v) is 4.11. The molecule has 1 aliphatic rings. The summed E-state index contributed by atoms with van der Waals surface area (Å²) in [5.41, 5.74) is 0. The zero-order valence-corrected chi connectivity index (χ0v) is 19.1. The van der Waals surface area contributed by atoms with Crippen LogP contribution in [0.2, 0.25) is 0 Å². The van der Waals surface area contributed by atoms with Gasteiger partial charge in [-0.25, -0.2) is 0 Å². The molecule has 0 bridgehead atoms. The second-order valence-electron chi connectivity index (χ2n) is 5.70. The molecule has 0 saturated carbocycles. The van der Waals surface area contributed by atoms with Crippen molar-refractivity contribution >= 4 is 45.9 Å². The van der Waals surface area contributed by atoms with Crippen molar-refractivity contribution in [3.05, 3.63) is 28.7 Å². The Morgan fingerprint density at radius 1 is 1.35 bits per heavy atom. The highest BCUT2D eigenvalue weighted by atomic mass is 127. The third kappa shape index (κ3) is 9.94. The Labute approximate surface area is 181 Å². The van der Waals surface area contributed by atoms with E-state index in [0.29, 0.717) is 13.2 Å². The van der Waals surface area contributed by atoms with Crippen molar-refractivity contribution in [1.29, 1.82) is 0 Å². The van der Waals surface area contributed by atoms with Crippen molar-refractivity contribution in [3.63, 3.8) is 0 Å². The predicted molar refractivity (Wildman–Crippen MR) is 119 cm³/mol. The minimum absolute atomic E-state index is 0. The summed E-state index contributed by atoms with van der Waals surface area (Å²) in [7, 11) is 0. The van der Waals surface area contributed by atoms with Gasteiger partial charge in [-0.1, -0.05) is 22.0 Å². The number of guanidine groups is 1. The molecule has 1 heterocycles. The van der Waals surface area contributed by atoms with E-state index in [9.17, 15) is 0 Å². The van der Waals surface area contributed by atoms with Gasteiger partial charge < -0.3 is 24.8 Å². The molecule has 1 saturated heterocycles. The Kier molecular flexibility index (Phi) is 13.1. The van der Waals surface area contributed by atoms with Gasteiger partial charge in [-0.05, 0) is 38.0 Å². The monoisotopic (exact) mass is 541 g/mol. The second kappa shape index (κ2) is 14.5. The van der Waals surface area contributed by atoms with Crippen LogP contribution >= 0.6 is 39.9 Å². The molecule has 1 fully saturated rings. The highest BCUT2D eigenvalue weighted by Gasteiger charge is 2.15. The maximum atomic E-state index is 5.74. The SMILES string of the molecule is CCNC(=NCCCOC1CCOC1)NCCOc1cccc(Br)c1.I. The number of ether oxygens (including phenoxy) is 3. The fourth-order valence-corrected chi connectivity index (χ4v) is 2.76. The molecule has 0 amide bonds. The lowest BCUT2D eigenvalue weighted by molar-refractivity contribution is 0.0424. The average molecular weight is 542 g/mol. The minimum atomic E-state index is 0. The summed E-state index contributed by atoms with van der Waals surface area (Å²) in [6.45, 7) is 7.15. The summed E-state index contributed by atoms with van der Waals surface area (Å²) >= 11 is 3.44. The number of rotatable bonds is 10. The molecule has 1 aromatic carbocycles. The number of hydrogen-bond donors (Lipinski definition) is 2. The van der Waals surface area contributed by atoms with Crippen LogP contribution < -0.4 is 15.4 Å². The van der Waals surface area contributed by atoms with E-state index in [1.807, 2.05) is 24.3 Å². The summed E-state index contributed by atoms with van der Waals surface area (Å²) in [4.78, 5) is 4.56. The molecule has 6 nitrogen and oxygen atoms in total. The minimum Gasteiger partial charge on any atom is -0.492 e. The van der Waals surface area contributed by atoms with Gasteiger partial charge in [0.05, 0.1) is 19.3 Å². The number of aliphatic imine (C=N–C) groups is 1. The maximum Gasteiger partial charge on any atom is 0.191 e. The van der Waals surface area contributed by atoms with Crippen LogP contribution in [0.25, 0.3) is 0 Å². The van der Waals surface area contributed by atoms with Gasteiger partial charge in [-0.3, -0.25) is 4.99 Å². The van der Waals surface area contributed by atoms with E-state index in [1.165, 1.54) is 0 Å². The fraction of sp³-hybridized carbons (Fsp3) is 0.611. The van der Waals surface area contributed by atoms with Gasteiger partial charge >= 0.3 is 0 Å². The lowest BCUT2D eigenvalue weighted by atomic mass is 10.3. The van der Waals surface area contributed by atoms with Gasteiger partial charge in [0.25, 0.3) is 0 Å². The molecule has 1 aromatic rings. The van der Waals surface area contributed by atoms with Crippen LogP contribution in [0.4, 0.5) is 0 Å². The molecule has 2 rings (SSSR count). The van der Waals surface area contributed by atoms with Crippen LogP contribution in [0.15, 0.2) is 33.7 Å². The Morgan fingerprint density at radius 3 is 2.96 bits per heavy atom. The zero-order chi connectivity index (χ0) is 17.7. The Morgan fingerprint density at radius 2 is 2.23 bits per heavy atom. The quantitative estimate of drug-likeness (QED) is 0.206. The van der Waals surface area contributed by atoms with Crippen LogP contribution in [0, 0.1) is 0 Å². The molecule has 8 heteroatoms. The summed E-state index contributed by atoms with van der Waals surface area (Å²) < 4.78 is 17.8. The van der Waals surface area contributed by atoms with E-state index in [-0.39, 0.29) is 30.1 Å². The summed E-state index contributed by atoms with van der Waals surface area (Å²) in [5, 5.41) is 6.52. The molecule has 0 radical (unpaired) electrons. The first-order valence-electron chi connectivity index (χ1n) is 8.88. The van der Waals surface area contributed by atoms with Crippen molar-refractivity contribution in [1.82, 2.24) is 10.6 Å². The smallest absolute Gasteiger partial charge is 0.191 e. The van der Waals surface area contributed by atoms with E-state index < -0.39 is 0 Å². The topological polar surface area (TPSA) is 64.1 Å². The first-order valence-corrected chi connectivity index (χ1v) is 9.67. The fourth-order valence-electron chi connectivity index (χ4n) is 2.39. The molecular weight excluding hydrogens is 513 g/mol. The standard InChI is InChI=1S/C18H28BrN3O3.HI/c1-2-20-18(21-8-4-10-24-17-7-11-23-14-17)22-9-12-25-16-6-3-5-15(19)13-16;/h3,5-6,13,17H,2,4,7-12,14H2,1H3,(H2,20,21,22);1H. The van der Waals surface area contributed by atoms with E-state index in [0.717, 1.165) is 61.9 Å². The van der Waals surface area contributed by atoms with Crippen LogP contribution in [0.5, 0.6) is 5.75 Å². The van der Waals surface area contributed by atoms with Crippen molar-refractivity contribution < 1.29 is 14.2 Å². The van der Waals surface area contributed by atoms with Crippen molar-refractivity contribution in [3.8, 4) is 5.75 Å². The first-order chi connectivity index (χ1) is 12.3. The van der Waals surface area contributed by atoms with Crippen LogP contribution in [-0.4, -0.2) is 58.1 Å². The Hall–Kier alpha value is -0.580. The van der Waals surface area contributed by atoms with Gasteiger partial charge in [0.15, 0.2) is 5.96 Å². The van der Waals surface area contributed by atoms with E-state index in [1.54, 1.807) is 0 Å². The normalized spacial score (nSPS) is 16.8. The summed E-state index contributed by atoms with van der Waals surface area (Å²) in [6.07, 6.45) is 2.18. The van der Waals surface area contributed by atoms with E-state index >= 15 is 0 Å². The summed E-state index contributed by atoms with van der Waals surface area (Å²) in [6, 6.07) is 7.83. The van der Waals surface area contributed by atoms with Gasteiger partial charge in [-0.2, -0.15) is 0 Å². The molecule has 0 spiro atoms. The number of halogens is 2. The second-order valence-corrected chi connectivity index (χ2v) is 6.62. The number of hydrogen-bond acceptors (Lipinski definition) is 4. The molecule has 148 valence electrons. The first kappa shape index (κ1) is 23.5. The lowest BCUT2D eigenvalue weighted by Gasteiger charge is -2.12. The van der Waals surface area contributed by atoms with Crippen molar-refractivity contribution in [2.75, 3.05) is 46.1 Å². The molecule has 2 N–H and O–H groups in total.